The summed E-state index contributed by atoms with van der Waals surface area (Å²) >= 11 is 0. The first-order valence-corrected chi connectivity index (χ1v) is 10.6. The molecule has 0 fully saturated rings. The fraction of sp³-hybridized carbons (Fsp3) is 0.280. The number of aryl methyl sites for hydroxylation is 1. The molecule has 1 N–H and O–H groups in total. The van der Waals surface area contributed by atoms with Crippen molar-refractivity contribution < 1.29 is 23.1 Å². The molecule has 1 heterocycles. The number of anilines is 1. The SMILES string of the molecule is COCCN(CC(=O)N(Cc1ccccc1)Cc1ccc(C)o1)C(=O)Nc1cccc(F)c1. The summed E-state index contributed by atoms with van der Waals surface area (Å²) in [6.45, 7) is 2.75. The van der Waals surface area contributed by atoms with Crippen LogP contribution in [0.1, 0.15) is 17.1 Å². The summed E-state index contributed by atoms with van der Waals surface area (Å²) in [5.74, 6) is 0.700. The van der Waals surface area contributed by atoms with Crippen LogP contribution >= 0.6 is 0 Å². The molecule has 0 saturated heterocycles. The van der Waals surface area contributed by atoms with Crippen LogP contribution in [0.3, 0.4) is 0 Å². The van der Waals surface area contributed by atoms with E-state index in [1.165, 1.54) is 30.2 Å². The van der Waals surface area contributed by atoms with Gasteiger partial charge >= 0.3 is 6.03 Å². The normalized spacial score (nSPS) is 10.6. The van der Waals surface area contributed by atoms with Gasteiger partial charge < -0.3 is 24.3 Å². The minimum absolute atomic E-state index is 0.170. The number of ether oxygens (including phenoxy) is 1. The Morgan fingerprint density at radius 3 is 2.45 bits per heavy atom. The van der Waals surface area contributed by atoms with Gasteiger partial charge in [0.1, 0.15) is 23.9 Å². The fourth-order valence-corrected chi connectivity index (χ4v) is 3.28. The van der Waals surface area contributed by atoms with Gasteiger partial charge in [-0.05, 0) is 42.8 Å². The van der Waals surface area contributed by atoms with Crippen LogP contribution < -0.4 is 5.32 Å². The lowest BCUT2D eigenvalue weighted by Gasteiger charge is -2.27. The average Bonchev–Trinajstić information content (AvgIpc) is 3.21. The van der Waals surface area contributed by atoms with Crippen LogP contribution in [-0.2, 0) is 22.6 Å². The number of nitrogens with zero attached hydrogens (tertiary/aromatic N) is 2. The number of urea groups is 1. The van der Waals surface area contributed by atoms with Gasteiger partial charge in [0, 0.05) is 25.9 Å². The maximum Gasteiger partial charge on any atom is 0.322 e. The molecule has 0 bridgehead atoms. The first kappa shape index (κ1) is 24.0. The predicted octanol–water partition coefficient (Wildman–Crippen LogP) is 4.44. The average molecular weight is 454 g/mol. The number of carbonyl (C=O) groups is 2. The Balaban J connectivity index is 1.75. The molecular formula is C25H28FN3O4. The van der Waals surface area contributed by atoms with Crippen LogP contribution in [0, 0.1) is 12.7 Å². The third kappa shape index (κ3) is 7.47. The van der Waals surface area contributed by atoms with Crippen molar-refractivity contribution in [2.24, 2.45) is 0 Å². The Bertz CT molecular complexity index is 1050. The van der Waals surface area contributed by atoms with E-state index in [-0.39, 0.29) is 32.1 Å². The lowest BCUT2D eigenvalue weighted by atomic mass is 10.2. The maximum atomic E-state index is 13.5. The van der Waals surface area contributed by atoms with E-state index in [0.717, 1.165) is 11.3 Å². The first-order chi connectivity index (χ1) is 15.9. The molecule has 33 heavy (non-hydrogen) atoms. The highest BCUT2D eigenvalue weighted by molar-refractivity contribution is 5.92. The zero-order valence-corrected chi connectivity index (χ0v) is 18.8. The molecule has 0 radical (unpaired) electrons. The number of amides is 3. The molecule has 8 heteroatoms. The fourth-order valence-electron chi connectivity index (χ4n) is 3.28. The molecular weight excluding hydrogens is 425 g/mol. The summed E-state index contributed by atoms with van der Waals surface area (Å²) in [5.41, 5.74) is 1.27. The third-order valence-electron chi connectivity index (χ3n) is 4.97. The van der Waals surface area contributed by atoms with Crippen molar-refractivity contribution in [2.45, 2.75) is 20.0 Å². The van der Waals surface area contributed by atoms with E-state index in [1.54, 1.807) is 11.0 Å². The number of carbonyl (C=O) groups excluding carboxylic acids is 2. The van der Waals surface area contributed by atoms with Gasteiger partial charge in [0.2, 0.25) is 5.91 Å². The minimum atomic E-state index is -0.514. The maximum absolute atomic E-state index is 13.5. The van der Waals surface area contributed by atoms with Gasteiger partial charge in [-0.25, -0.2) is 9.18 Å². The molecule has 3 rings (SSSR count). The van der Waals surface area contributed by atoms with Crippen LogP contribution in [0.2, 0.25) is 0 Å². The molecule has 3 amide bonds. The second-order valence-corrected chi connectivity index (χ2v) is 7.60. The van der Waals surface area contributed by atoms with E-state index in [0.29, 0.717) is 18.0 Å². The molecule has 1 aromatic heterocycles. The zero-order chi connectivity index (χ0) is 23.6. The van der Waals surface area contributed by atoms with E-state index in [4.69, 9.17) is 9.15 Å². The van der Waals surface area contributed by atoms with E-state index in [2.05, 4.69) is 5.32 Å². The van der Waals surface area contributed by atoms with E-state index < -0.39 is 11.8 Å². The molecule has 0 aliphatic rings. The molecule has 0 aliphatic heterocycles. The van der Waals surface area contributed by atoms with Crippen molar-refractivity contribution in [3.05, 3.63) is 89.6 Å². The highest BCUT2D eigenvalue weighted by atomic mass is 19.1. The van der Waals surface area contributed by atoms with Crippen LogP contribution in [0.5, 0.6) is 0 Å². The summed E-state index contributed by atoms with van der Waals surface area (Å²) in [6.07, 6.45) is 0. The molecule has 0 saturated carbocycles. The van der Waals surface area contributed by atoms with Crippen molar-refractivity contribution in [3.63, 3.8) is 0 Å². The summed E-state index contributed by atoms with van der Waals surface area (Å²) in [5, 5.41) is 2.64. The molecule has 174 valence electrons. The second-order valence-electron chi connectivity index (χ2n) is 7.60. The van der Waals surface area contributed by atoms with Gasteiger partial charge in [0.05, 0.1) is 13.2 Å². The summed E-state index contributed by atoms with van der Waals surface area (Å²) in [6, 6.07) is 18.4. The Morgan fingerprint density at radius 1 is 1.00 bits per heavy atom. The Kier molecular flexibility index (Phi) is 8.60. The van der Waals surface area contributed by atoms with Crippen molar-refractivity contribution in [2.75, 3.05) is 32.1 Å². The number of nitrogens with one attached hydrogen (secondary N) is 1. The number of benzene rings is 2. The quantitative estimate of drug-likeness (QED) is 0.493. The summed E-state index contributed by atoms with van der Waals surface area (Å²) in [7, 11) is 1.52. The van der Waals surface area contributed by atoms with Crippen LogP contribution in [0.15, 0.2) is 71.1 Å². The molecule has 0 atom stereocenters. The topological polar surface area (TPSA) is 75.0 Å². The Morgan fingerprint density at radius 2 is 1.79 bits per heavy atom. The van der Waals surface area contributed by atoms with Crippen molar-refractivity contribution in [1.29, 1.82) is 0 Å². The van der Waals surface area contributed by atoms with Crippen molar-refractivity contribution in [1.82, 2.24) is 9.80 Å². The number of halogens is 1. The molecule has 2 aromatic carbocycles. The number of furan rings is 1. The van der Waals surface area contributed by atoms with E-state index in [9.17, 15) is 14.0 Å². The third-order valence-corrected chi connectivity index (χ3v) is 4.97. The lowest BCUT2D eigenvalue weighted by molar-refractivity contribution is -0.133. The largest absolute Gasteiger partial charge is 0.464 e. The van der Waals surface area contributed by atoms with Gasteiger partial charge in [-0.3, -0.25) is 4.79 Å². The Labute approximate surface area is 192 Å². The lowest BCUT2D eigenvalue weighted by Crippen LogP contribution is -2.45. The van der Waals surface area contributed by atoms with Gasteiger partial charge in [0.15, 0.2) is 0 Å². The molecule has 0 aliphatic carbocycles. The summed E-state index contributed by atoms with van der Waals surface area (Å²) in [4.78, 5) is 29.2. The van der Waals surface area contributed by atoms with E-state index in [1.807, 2.05) is 49.4 Å². The van der Waals surface area contributed by atoms with Gasteiger partial charge in [-0.15, -0.1) is 0 Å². The van der Waals surface area contributed by atoms with Crippen molar-refractivity contribution in [3.8, 4) is 0 Å². The standard InChI is InChI=1S/C25H28FN3O4/c1-19-11-12-23(33-19)17-29(16-20-7-4-3-5-8-20)24(30)18-28(13-14-32-2)25(31)27-22-10-6-9-21(26)15-22/h3-12,15H,13-14,16-18H2,1-2H3,(H,27,31). The highest BCUT2D eigenvalue weighted by Gasteiger charge is 2.23. The number of rotatable bonds is 10. The Hall–Kier alpha value is -3.65. The van der Waals surface area contributed by atoms with Crippen LogP contribution in [-0.4, -0.2) is 48.5 Å². The van der Waals surface area contributed by atoms with Gasteiger partial charge in [-0.2, -0.15) is 0 Å². The predicted molar refractivity (Wildman–Crippen MR) is 123 cm³/mol. The van der Waals surface area contributed by atoms with Crippen LogP contribution in [0.4, 0.5) is 14.9 Å². The zero-order valence-electron chi connectivity index (χ0n) is 18.8. The highest BCUT2D eigenvalue weighted by Crippen LogP contribution is 2.15. The summed E-state index contributed by atoms with van der Waals surface area (Å²) < 4.78 is 24.3. The number of methoxy groups -OCH3 is 1. The number of hydrogen-bond acceptors (Lipinski definition) is 4. The second kappa shape index (κ2) is 11.8. The van der Waals surface area contributed by atoms with Gasteiger partial charge in [0.25, 0.3) is 0 Å². The minimum Gasteiger partial charge on any atom is -0.464 e. The van der Waals surface area contributed by atoms with Crippen molar-refractivity contribution >= 4 is 17.6 Å². The smallest absolute Gasteiger partial charge is 0.322 e. The molecule has 7 nitrogen and oxygen atoms in total. The molecule has 3 aromatic rings. The molecule has 0 spiro atoms. The van der Waals surface area contributed by atoms with E-state index >= 15 is 0 Å². The number of hydrogen-bond donors (Lipinski definition) is 1. The van der Waals surface area contributed by atoms with Gasteiger partial charge in [-0.1, -0.05) is 36.4 Å². The van der Waals surface area contributed by atoms with Crippen LogP contribution in [0.25, 0.3) is 0 Å². The monoisotopic (exact) mass is 453 g/mol. The molecule has 0 unspecified atom stereocenters. The first-order valence-electron chi connectivity index (χ1n) is 10.6.